The molecule has 1 aliphatic carbocycles. The number of hydrogen-bond donors (Lipinski definition) is 2. The van der Waals surface area contributed by atoms with Gasteiger partial charge in [0.05, 0.1) is 0 Å². The van der Waals surface area contributed by atoms with E-state index in [1.54, 1.807) is 6.20 Å². The summed E-state index contributed by atoms with van der Waals surface area (Å²) in [4.78, 5) is 11.7. The molecule has 3 heteroatoms. The van der Waals surface area contributed by atoms with Gasteiger partial charge in [-0.3, -0.25) is 0 Å². The van der Waals surface area contributed by atoms with E-state index in [1.165, 1.54) is 43.2 Å². The molecule has 1 saturated carbocycles. The second-order valence-electron chi connectivity index (χ2n) is 5.90. The van der Waals surface area contributed by atoms with Crippen molar-refractivity contribution in [3.05, 3.63) is 47.7 Å². The number of urea groups is 1. The molecule has 2 rings (SSSR count). The Morgan fingerprint density at radius 2 is 2.10 bits per heavy atom. The Balaban J connectivity index is 1.62. The maximum absolute atomic E-state index is 11.7. The standard InChI is InChI=1S/C18H26N2O/c1-15-6-5-9-17(14-15)11-13-20-18(21)19-12-10-16-7-3-2-4-8-16/h5-6,9-10,12,14,16H,2-4,7-8,11,13H2,1H3,(H2,19,20,21)/b12-10+. The van der Waals surface area contributed by atoms with Crippen molar-refractivity contribution in [3.8, 4) is 0 Å². The molecular formula is C18H26N2O. The number of aryl methyl sites for hydroxylation is 1. The van der Waals surface area contributed by atoms with Gasteiger partial charge in [-0.2, -0.15) is 0 Å². The maximum atomic E-state index is 11.7. The van der Waals surface area contributed by atoms with Crippen LogP contribution in [-0.4, -0.2) is 12.6 Å². The highest BCUT2D eigenvalue weighted by atomic mass is 16.2. The lowest BCUT2D eigenvalue weighted by Gasteiger charge is -2.17. The summed E-state index contributed by atoms with van der Waals surface area (Å²) in [7, 11) is 0. The third-order valence-corrected chi connectivity index (χ3v) is 4.01. The lowest BCUT2D eigenvalue weighted by Crippen LogP contribution is -2.33. The molecule has 0 aromatic heterocycles. The largest absolute Gasteiger partial charge is 0.338 e. The first-order valence-corrected chi connectivity index (χ1v) is 8.00. The normalized spacial score (nSPS) is 16.0. The van der Waals surface area contributed by atoms with Gasteiger partial charge in [-0.15, -0.1) is 0 Å². The molecule has 1 aromatic rings. The van der Waals surface area contributed by atoms with Crippen molar-refractivity contribution in [1.29, 1.82) is 0 Å². The van der Waals surface area contributed by atoms with Crippen molar-refractivity contribution in [3.63, 3.8) is 0 Å². The lowest BCUT2D eigenvalue weighted by molar-refractivity contribution is 0.244. The van der Waals surface area contributed by atoms with Crippen molar-refractivity contribution >= 4 is 6.03 Å². The summed E-state index contributed by atoms with van der Waals surface area (Å²) < 4.78 is 0. The van der Waals surface area contributed by atoms with Crippen LogP contribution < -0.4 is 10.6 Å². The van der Waals surface area contributed by atoms with Gasteiger partial charge < -0.3 is 10.6 Å². The topological polar surface area (TPSA) is 41.1 Å². The number of amides is 2. The van der Waals surface area contributed by atoms with E-state index >= 15 is 0 Å². The SMILES string of the molecule is Cc1cccc(CCNC(=O)N/C=C/C2CCCCC2)c1. The molecule has 2 N–H and O–H groups in total. The fraction of sp³-hybridized carbons (Fsp3) is 0.500. The van der Waals surface area contributed by atoms with Gasteiger partial charge in [0.25, 0.3) is 0 Å². The van der Waals surface area contributed by atoms with E-state index in [4.69, 9.17) is 0 Å². The Bertz CT molecular complexity index is 476. The number of rotatable bonds is 5. The molecule has 0 atom stereocenters. The third-order valence-electron chi connectivity index (χ3n) is 4.01. The Hall–Kier alpha value is -1.77. The maximum Gasteiger partial charge on any atom is 0.318 e. The minimum Gasteiger partial charge on any atom is -0.338 e. The highest BCUT2D eigenvalue weighted by molar-refractivity contribution is 5.74. The molecule has 1 aliphatic rings. The molecule has 1 fully saturated rings. The van der Waals surface area contributed by atoms with Gasteiger partial charge >= 0.3 is 6.03 Å². The minimum absolute atomic E-state index is 0.116. The summed E-state index contributed by atoms with van der Waals surface area (Å²) in [5.74, 6) is 0.645. The summed E-state index contributed by atoms with van der Waals surface area (Å²) in [6, 6.07) is 8.27. The van der Waals surface area contributed by atoms with Crippen LogP contribution >= 0.6 is 0 Å². The zero-order chi connectivity index (χ0) is 14.9. The van der Waals surface area contributed by atoms with Crippen LogP contribution in [0.3, 0.4) is 0 Å². The van der Waals surface area contributed by atoms with Crippen molar-refractivity contribution < 1.29 is 4.79 Å². The molecule has 3 nitrogen and oxygen atoms in total. The molecule has 21 heavy (non-hydrogen) atoms. The van der Waals surface area contributed by atoms with Gasteiger partial charge in [-0.1, -0.05) is 55.2 Å². The second kappa shape index (κ2) is 8.50. The monoisotopic (exact) mass is 286 g/mol. The summed E-state index contributed by atoms with van der Waals surface area (Å²) in [5, 5.41) is 5.68. The van der Waals surface area contributed by atoms with Gasteiger partial charge in [0, 0.05) is 12.7 Å². The van der Waals surface area contributed by atoms with E-state index in [-0.39, 0.29) is 6.03 Å². The van der Waals surface area contributed by atoms with Crippen molar-refractivity contribution in [1.82, 2.24) is 10.6 Å². The minimum atomic E-state index is -0.116. The van der Waals surface area contributed by atoms with Crippen LogP contribution in [0.15, 0.2) is 36.5 Å². The molecule has 0 bridgehead atoms. The predicted molar refractivity (Wildman–Crippen MR) is 87.1 cm³/mol. The smallest absolute Gasteiger partial charge is 0.318 e. The zero-order valence-electron chi connectivity index (χ0n) is 12.9. The first kappa shape index (κ1) is 15.6. The van der Waals surface area contributed by atoms with Crippen LogP contribution in [0.1, 0.15) is 43.2 Å². The molecule has 0 heterocycles. The van der Waals surface area contributed by atoms with Gasteiger partial charge in [0.15, 0.2) is 0 Å². The Labute approximate surface area is 127 Å². The summed E-state index contributed by atoms with van der Waals surface area (Å²) in [6.07, 6.45) is 11.3. The van der Waals surface area contributed by atoms with Gasteiger partial charge in [-0.05, 0) is 37.7 Å². The van der Waals surface area contributed by atoms with E-state index in [0.29, 0.717) is 12.5 Å². The predicted octanol–water partition coefficient (Wildman–Crippen LogP) is 3.93. The summed E-state index contributed by atoms with van der Waals surface area (Å²) in [5.41, 5.74) is 2.51. The van der Waals surface area contributed by atoms with E-state index < -0.39 is 0 Å². The molecule has 114 valence electrons. The van der Waals surface area contributed by atoms with Crippen molar-refractivity contribution in [2.45, 2.75) is 45.4 Å². The second-order valence-corrected chi connectivity index (χ2v) is 5.90. The number of benzene rings is 1. The van der Waals surface area contributed by atoms with Crippen LogP contribution in [0, 0.1) is 12.8 Å². The summed E-state index contributed by atoms with van der Waals surface area (Å²) in [6.45, 7) is 2.74. The highest BCUT2D eigenvalue weighted by Crippen LogP contribution is 2.24. The lowest BCUT2D eigenvalue weighted by atomic mass is 9.89. The van der Waals surface area contributed by atoms with Crippen molar-refractivity contribution in [2.75, 3.05) is 6.54 Å². The van der Waals surface area contributed by atoms with E-state index in [1.807, 2.05) is 0 Å². The molecule has 0 unspecified atom stereocenters. The van der Waals surface area contributed by atoms with Gasteiger partial charge in [-0.25, -0.2) is 4.79 Å². The fourth-order valence-electron chi connectivity index (χ4n) is 2.83. The average molecular weight is 286 g/mol. The van der Waals surface area contributed by atoms with E-state index in [9.17, 15) is 4.79 Å². The van der Waals surface area contributed by atoms with Crippen molar-refractivity contribution in [2.24, 2.45) is 5.92 Å². The first-order valence-electron chi connectivity index (χ1n) is 8.00. The quantitative estimate of drug-likeness (QED) is 0.846. The molecular weight excluding hydrogens is 260 g/mol. The molecule has 0 radical (unpaired) electrons. The first-order chi connectivity index (χ1) is 10.2. The van der Waals surface area contributed by atoms with Gasteiger partial charge in [0.1, 0.15) is 0 Å². The fourth-order valence-corrected chi connectivity index (χ4v) is 2.83. The average Bonchev–Trinajstić information content (AvgIpc) is 2.48. The van der Waals surface area contributed by atoms with Crippen LogP contribution in [0.25, 0.3) is 0 Å². The van der Waals surface area contributed by atoms with Crippen LogP contribution in [0.5, 0.6) is 0 Å². The number of allylic oxidation sites excluding steroid dienone is 1. The molecule has 0 spiro atoms. The third kappa shape index (κ3) is 6.03. The Kier molecular flexibility index (Phi) is 6.32. The number of hydrogen-bond acceptors (Lipinski definition) is 1. The molecule has 0 saturated heterocycles. The number of carbonyl (C=O) groups excluding carboxylic acids is 1. The highest BCUT2D eigenvalue weighted by Gasteiger charge is 2.09. The van der Waals surface area contributed by atoms with Crippen LogP contribution in [0.2, 0.25) is 0 Å². The zero-order valence-corrected chi connectivity index (χ0v) is 12.9. The number of nitrogens with one attached hydrogen (secondary N) is 2. The molecule has 1 aromatic carbocycles. The van der Waals surface area contributed by atoms with E-state index in [2.05, 4.69) is 47.9 Å². The number of carbonyl (C=O) groups is 1. The van der Waals surface area contributed by atoms with Crippen LogP contribution in [-0.2, 0) is 6.42 Å². The Morgan fingerprint density at radius 1 is 1.29 bits per heavy atom. The Morgan fingerprint density at radius 3 is 2.86 bits per heavy atom. The molecule has 0 aliphatic heterocycles. The van der Waals surface area contributed by atoms with Gasteiger partial charge in [0.2, 0.25) is 0 Å². The van der Waals surface area contributed by atoms with Crippen LogP contribution in [0.4, 0.5) is 4.79 Å². The molecule has 2 amide bonds. The summed E-state index contributed by atoms with van der Waals surface area (Å²) >= 11 is 0. The van der Waals surface area contributed by atoms with E-state index in [0.717, 1.165) is 6.42 Å².